The smallest absolute Gasteiger partial charge is 0.302 e. The predicted molar refractivity (Wildman–Crippen MR) is 86.5 cm³/mol. The molecule has 0 saturated carbocycles. The highest BCUT2D eigenvalue weighted by Gasteiger charge is 2.44. The number of aliphatic hydroxyl groups is 2. The summed E-state index contributed by atoms with van der Waals surface area (Å²) in [6.07, 6.45) is -0.505. The monoisotopic (exact) mass is 362 g/mol. The van der Waals surface area contributed by atoms with E-state index in [1.807, 2.05) is 0 Å². The molecule has 7 unspecified atom stereocenters. The van der Waals surface area contributed by atoms with Crippen LogP contribution in [0.5, 0.6) is 0 Å². The van der Waals surface area contributed by atoms with Crippen molar-refractivity contribution in [3.63, 3.8) is 0 Å². The molecule has 2 saturated heterocycles. The van der Waals surface area contributed by atoms with Gasteiger partial charge in [0, 0.05) is 24.6 Å². The van der Waals surface area contributed by atoms with Gasteiger partial charge in [0.15, 0.2) is 0 Å². The molecule has 7 atom stereocenters. The van der Waals surface area contributed by atoms with Gasteiger partial charge in [-0.15, -0.1) is 0 Å². The number of carbonyl (C=O) groups excluding carboxylic acids is 2. The van der Waals surface area contributed by atoms with Crippen LogP contribution in [0.3, 0.4) is 0 Å². The molecule has 2 aliphatic heterocycles. The number of carbonyl (C=O) groups is 2. The fourth-order valence-corrected chi connectivity index (χ4v) is 5.75. The van der Waals surface area contributed by atoms with E-state index in [-0.39, 0.29) is 11.7 Å². The summed E-state index contributed by atoms with van der Waals surface area (Å²) in [6, 6.07) is 0. The first-order chi connectivity index (χ1) is 11.3. The van der Waals surface area contributed by atoms with E-state index in [0.717, 1.165) is 0 Å². The molecule has 0 aromatic carbocycles. The molecule has 2 rings (SSSR count). The molecule has 2 heterocycles. The van der Waals surface area contributed by atoms with Crippen molar-refractivity contribution in [2.24, 2.45) is 0 Å². The van der Waals surface area contributed by atoms with Crippen LogP contribution in [0.25, 0.3) is 0 Å². The topological polar surface area (TPSA) is 110 Å². The lowest BCUT2D eigenvalue weighted by atomic mass is 9.94. The zero-order valence-corrected chi connectivity index (χ0v) is 14.9. The summed E-state index contributed by atoms with van der Waals surface area (Å²) in [5.74, 6) is -0.882. The van der Waals surface area contributed by atoms with Crippen LogP contribution < -0.4 is 0 Å². The molecule has 0 spiro atoms. The average molecular weight is 362 g/mol. The van der Waals surface area contributed by atoms with E-state index in [0.29, 0.717) is 32.1 Å². The van der Waals surface area contributed by atoms with Gasteiger partial charge in [-0.2, -0.15) is 0 Å². The normalized spacial score (nSPS) is 40.4. The fraction of sp³-hybridized carbons (Fsp3) is 0.875. The Hall–Kier alpha value is -0.990. The van der Waals surface area contributed by atoms with E-state index >= 15 is 0 Å². The van der Waals surface area contributed by atoms with E-state index in [4.69, 9.17) is 9.47 Å². The zero-order chi connectivity index (χ0) is 17.9. The first-order valence-corrected chi connectivity index (χ1v) is 9.67. The Morgan fingerprint density at radius 2 is 1.17 bits per heavy atom. The molecule has 138 valence electrons. The summed E-state index contributed by atoms with van der Waals surface area (Å²) in [4.78, 5) is 22.7. The zero-order valence-electron chi connectivity index (χ0n) is 14.1. The molecule has 2 bridgehead atoms. The van der Waals surface area contributed by atoms with Gasteiger partial charge in [-0.25, -0.2) is 0 Å². The van der Waals surface area contributed by atoms with E-state index in [1.54, 1.807) is 0 Å². The summed E-state index contributed by atoms with van der Waals surface area (Å²) >= 11 is 0. The second-order valence-electron chi connectivity index (χ2n) is 6.57. The van der Waals surface area contributed by atoms with E-state index < -0.39 is 52.4 Å². The molecule has 24 heavy (non-hydrogen) atoms. The lowest BCUT2D eigenvalue weighted by Gasteiger charge is -2.39. The molecule has 7 nitrogen and oxygen atoms in total. The number of aliphatic hydroxyl groups excluding tert-OH is 2. The van der Waals surface area contributed by atoms with Crippen LogP contribution >= 0.6 is 0 Å². The van der Waals surface area contributed by atoms with Crippen molar-refractivity contribution in [2.75, 3.05) is 0 Å². The molecular weight excluding hydrogens is 336 g/mol. The van der Waals surface area contributed by atoms with Crippen molar-refractivity contribution >= 4 is 22.7 Å². The Kier molecular flexibility index (Phi) is 6.77. The largest absolute Gasteiger partial charge is 0.461 e. The predicted octanol–water partition coefficient (Wildman–Crippen LogP) is 0.425. The molecule has 0 radical (unpaired) electrons. The van der Waals surface area contributed by atoms with Gasteiger partial charge in [-0.3, -0.25) is 13.8 Å². The van der Waals surface area contributed by atoms with Gasteiger partial charge < -0.3 is 19.7 Å². The number of hydrogen-bond acceptors (Lipinski definition) is 7. The second-order valence-corrected chi connectivity index (χ2v) is 8.44. The Bertz CT molecular complexity index is 495. The third kappa shape index (κ3) is 4.77. The first-order valence-electron chi connectivity index (χ1n) is 8.39. The van der Waals surface area contributed by atoms with Crippen molar-refractivity contribution in [1.29, 1.82) is 0 Å². The van der Waals surface area contributed by atoms with Crippen molar-refractivity contribution in [3.05, 3.63) is 0 Å². The Morgan fingerprint density at radius 3 is 1.62 bits per heavy atom. The highest BCUT2D eigenvalue weighted by molar-refractivity contribution is 7.86. The third-order valence-electron chi connectivity index (χ3n) is 4.73. The second kappa shape index (κ2) is 8.40. The highest BCUT2D eigenvalue weighted by atomic mass is 32.2. The Labute approximate surface area is 144 Å². The standard InChI is InChI=1S/C16H26O7S/c1-9(17)22-13-5-3-11(19)12(20)4-7-15-14(23-10(2)18)6-8-16(13)24(15)21/h11-16,19-20H,3-8H2,1-2H3. The summed E-state index contributed by atoms with van der Waals surface area (Å²) in [7, 11) is -1.35. The van der Waals surface area contributed by atoms with Crippen molar-refractivity contribution in [1.82, 2.24) is 0 Å². The minimum absolute atomic E-state index is 0.283. The Balaban J connectivity index is 2.24. The maximum absolute atomic E-state index is 13.0. The summed E-state index contributed by atoms with van der Waals surface area (Å²) in [5, 5.41) is 19.3. The van der Waals surface area contributed by atoms with Crippen LogP contribution in [0.2, 0.25) is 0 Å². The first kappa shape index (κ1) is 19.3. The van der Waals surface area contributed by atoms with Crippen LogP contribution in [0.4, 0.5) is 0 Å². The summed E-state index contributed by atoms with van der Waals surface area (Å²) in [5.41, 5.74) is 0. The molecule has 0 aromatic rings. The number of ether oxygens (including phenoxy) is 2. The average Bonchev–Trinajstić information content (AvgIpc) is 2.49. The Morgan fingerprint density at radius 1 is 0.792 bits per heavy atom. The van der Waals surface area contributed by atoms with E-state index in [2.05, 4.69) is 0 Å². The molecule has 0 amide bonds. The number of fused-ring (bicyclic) bond motifs is 2. The fourth-order valence-electron chi connectivity index (χ4n) is 3.58. The van der Waals surface area contributed by atoms with Gasteiger partial charge in [0.25, 0.3) is 0 Å². The lowest BCUT2D eigenvalue weighted by Crippen LogP contribution is -2.50. The van der Waals surface area contributed by atoms with Crippen LogP contribution in [0.15, 0.2) is 0 Å². The van der Waals surface area contributed by atoms with Gasteiger partial charge >= 0.3 is 11.9 Å². The van der Waals surface area contributed by atoms with Gasteiger partial charge in [0.05, 0.1) is 22.7 Å². The molecule has 8 heteroatoms. The molecule has 0 aliphatic carbocycles. The maximum atomic E-state index is 13.0. The number of hydrogen-bond donors (Lipinski definition) is 2. The molecule has 2 fully saturated rings. The minimum atomic E-state index is -1.35. The highest BCUT2D eigenvalue weighted by Crippen LogP contribution is 2.34. The molecule has 2 N–H and O–H groups in total. The SMILES string of the molecule is CC(=O)OC1CCC2C(OC(C)=O)CCC(O)C(O)CCC1S2=O. The van der Waals surface area contributed by atoms with Crippen molar-refractivity contribution < 1.29 is 33.5 Å². The quantitative estimate of drug-likeness (QED) is 0.685. The van der Waals surface area contributed by atoms with Crippen LogP contribution in [0.1, 0.15) is 52.4 Å². The lowest BCUT2D eigenvalue weighted by molar-refractivity contribution is -0.148. The van der Waals surface area contributed by atoms with Gasteiger partial charge in [0.2, 0.25) is 0 Å². The van der Waals surface area contributed by atoms with Crippen LogP contribution in [-0.4, -0.2) is 61.3 Å². The molecular formula is C16H26O7S. The van der Waals surface area contributed by atoms with Crippen LogP contribution in [0, 0.1) is 0 Å². The number of esters is 2. The molecule has 0 aromatic heterocycles. The maximum Gasteiger partial charge on any atom is 0.302 e. The van der Waals surface area contributed by atoms with Crippen molar-refractivity contribution in [2.45, 2.75) is 87.3 Å². The summed E-state index contributed by atoms with van der Waals surface area (Å²) < 4.78 is 23.7. The van der Waals surface area contributed by atoms with Gasteiger partial charge in [-0.1, -0.05) is 0 Å². The van der Waals surface area contributed by atoms with E-state index in [1.165, 1.54) is 13.8 Å². The summed E-state index contributed by atoms with van der Waals surface area (Å²) in [6.45, 7) is 2.62. The van der Waals surface area contributed by atoms with Crippen LogP contribution in [-0.2, 0) is 29.9 Å². The number of rotatable bonds is 2. The van der Waals surface area contributed by atoms with Gasteiger partial charge in [0.1, 0.15) is 12.2 Å². The minimum Gasteiger partial charge on any atom is -0.461 e. The van der Waals surface area contributed by atoms with E-state index in [9.17, 15) is 24.0 Å². The van der Waals surface area contributed by atoms with Gasteiger partial charge in [-0.05, 0) is 38.5 Å². The third-order valence-corrected chi connectivity index (χ3v) is 7.01. The molecule has 2 aliphatic rings. The van der Waals surface area contributed by atoms with Crippen molar-refractivity contribution in [3.8, 4) is 0 Å².